The monoisotopic (exact) mass is 395 g/mol. The van der Waals surface area contributed by atoms with Crippen LogP contribution < -0.4 is 15.8 Å². The average Bonchev–Trinajstić information content (AvgIpc) is 2.75. The van der Waals surface area contributed by atoms with Gasteiger partial charge in [0.2, 0.25) is 5.91 Å². The number of piperidine rings is 1. The van der Waals surface area contributed by atoms with E-state index in [0.29, 0.717) is 35.6 Å². The van der Waals surface area contributed by atoms with Gasteiger partial charge in [-0.05, 0) is 31.0 Å². The quantitative estimate of drug-likeness (QED) is 0.731. The van der Waals surface area contributed by atoms with Crippen LogP contribution in [-0.4, -0.2) is 33.5 Å². The van der Waals surface area contributed by atoms with Crippen LogP contribution in [0.4, 0.5) is 10.2 Å². The smallest absolute Gasteiger partial charge is 0.294 e. The Morgan fingerprint density at radius 2 is 2.10 bits per heavy atom. The zero-order valence-corrected chi connectivity index (χ0v) is 16.1. The minimum absolute atomic E-state index is 0.141. The normalized spacial score (nSPS) is 16.8. The van der Waals surface area contributed by atoms with E-state index < -0.39 is 0 Å². The molecule has 0 radical (unpaired) electrons. The van der Waals surface area contributed by atoms with Crippen molar-refractivity contribution < 1.29 is 9.18 Å². The van der Waals surface area contributed by atoms with Gasteiger partial charge < -0.3 is 10.2 Å². The van der Waals surface area contributed by atoms with Crippen LogP contribution in [0.3, 0.4) is 0 Å². The molecular formula is C21H22FN5O2. The number of benzene rings is 1. The van der Waals surface area contributed by atoms with Crippen LogP contribution >= 0.6 is 0 Å². The van der Waals surface area contributed by atoms with E-state index in [0.717, 1.165) is 12.8 Å². The summed E-state index contributed by atoms with van der Waals surface area (Å²) in [4.78, 5) is 36.0. The van der Waals surface area contributed by atoms with Gasteiger partial charge in [0.1, 0.15) is 11.3 Å². The molecule has 1 saturated heterocycles. The summed E-state index contributed by atoms with van der Waals surface area (Å²) in [6, 6.07) is 9.97. The number of nitrogens with zero attached hydrogens (tertiary/aromatic N) is 4. The predicted octanol–water partition coefficient (Wildman–Crippen LogP) is 2.00. The number of fused-ring (bicyclic) bond motifs is 1. The summed E-state index contributed by atoms with van der Waals surface area (Å²) in [5.74, 6) is -0.431. The Hall–Kier alpha value is -3.29. The molecule has 0 spiro atoms. The number of halogens is 1. The zero-order valence-electron chi connectivity index (χ0n) is 16.1. The van der Waals surface area contributed by atoms with Crippen molar-refractivity contribution in [2.24, 2.45) is 13.0 Å². The molecule has 1 amide bonds. The van der Waals surface area contributed by atoms with Crippen molar-refractivity contribution in [3.05, 3.63) is 64.3 Å². The number of hydrogen-bond donors (Lipinski definition) is 1. The average molecular weight is 395 g/mol. The number of carbonyl (C=O) groups is 1. The van der Waals surface area contributed by atoms with Gasteiger partial charge in [0.15, 0.2) is 11.5 Å². The third-order valence-corrected chi connectivity index (χ3v) is 5.31. The second-order valence-electron chi connectivity index (χ2n) is 7.24. The highest BCUT2D eigenvalue weighted by Gasteiger charge is 2.28. The number of rotatable bonds is 4. The molecule has 3 heterocycles. The van der Waals surface area contributed by atoms with Gasteiger partial charge in [-0.3, -0.25) is 14.2 Å². The van der Waals surface area contributed by atoms with Crippen LogP contribution in [0.2, 0.25) is 0 Å². The molecule has 1 atom stereocenters. The van der Waals surface area contributed by atoms with Crippen molar-refractivity contribution in [1.29, 1.82) is 0 Å². The lowest BCUT2D eigenvalue weighted by molar-refractivity contribution is -0.125. The highest BCUT2D eigenvalue weighted by atomic mass is 19.1. The topological polar surface area (TPSA) is 80.1 Å². The number of hydrogen-bond acceptors (Lipinski definition) is 5. The minimum Gasteiger partial charge on any atom is -0.352 e. The van der Waals surface area contributed by atoms with E-state index in [2.05, 4.69) is 15.3 Å². The third kappa shape index (κ3) is 3.83. The highest BCUT2D eigenvalue weighted by molar-refractivity contribution is 5.79. The van der Waals surface area contributed by atoms with Gasteiger partial charge in [0, 0.05) is 38.4 Å². The second-order valence-corrected chi connectivity index (χ2v) is 7.24. The lowest BCUT2D eigenvalue weighted by Gasteiger charge is -2.32. The second kappa shape index (κ2) is 7.98. The molecule has 1 aromatic carbocycles. The summed E-state index contributed by atoms with van der Waals surface area (Å²) >= 11 is 0. The maximum atomic E-state index is 13.8. The molecular weight excluding hydrogens is 373 g/mol. The van der Waals surface area contributed by atoms with Gasteiger partial charge >= 0.3 is 0 Å². The molecule has 150 valence electrons. The summed E-state index contributed by atoms with van der Waals surface area (Å²) in [6.45, 7) is 1.20. The summed E-state index contributed by atoms with van der Waals surface area (Å²) in [6.07, 6.45) is 3.11. The standard InChI is InChI=1S/C21H22FN5O2/c1-26-18-17(9-4-10-23-18)25-19(21(26)29)27-11-5-7-15(13-27)20(28)24-12-14-6-2-3-8-16(14)22/h2-4,6,8-10,15H,5,7,11-13H2,1H3,(H,24,28). The number of carbonyl (C=O) groups excluding carboxylic acids is 1. The summed E-state index contributed by atoms with van der Waals surface area (Å²) in [5, 5.41) is 2.82. The Labute approximate surface area is 167 Å². The van der Waals surface area contributed by atoms with E-state index in [9.17, 15) is 14.0 Å². The SMILES string of the molecule is Cn1c(=O)c(N2CCCC(C(=O)NCc3ccccc3F)C2)nc2cccnc21. The molecule has 1 fully saturated rings. The summed E-state index contributed by atoms with van der Waals surface area (Å²) in [7, 11) is 1.67. The maximum absolute atomic E-state index is 13.8. The Kier molecular flexibility index (Phi) is 5.24. The largest absolute Gasteiger partial charge is 0.352 e. The van der Waals surface area contributed by atoms with Crippen LogP contribution in [0.1, 0.15) is 18.4 Å². The van der Waals surface area contributed by atoms with E-state index in [1.807, 2.05) is 11.0 Å². The molecule has 1 unspecified atom stereocenters. The molecule has 0 aliphatic carbocycles. The third-order valence-electron chi connectivity index (χ3n) is 5.31. The molecule has 0 saturated carbocycles. The van der Waals surface area contributed by atoms with Gasteiger partial charge in [-0.1, -0.05) is 18.2 Å². The molecule has 2 aromatic heterocycles. The first-order chi connectivity index (χ1) is 14.0. The van der Waals surface area contributed by atoms with Crippen molar-refractivity contribution in [2.45, 2.75) is 19.4 Å². The number of pyridine rings is 1. The number of aryl methyl sites for hydroxylation is 1. The molecule has 7 nitrogen and oxygen atoms in total. The maximum Gasteiger partial charge on any atom is 0.294 e. The van der Waals surface area contributed by atoms with Crippen LogP contribution in [0.5, 0.6) is 0 Å². The van der Waals surface area contributed by atoms with Gasteiger partial charge in [-0.15, -0.1) is 0 Å². The first-order valence-corrected chi connectivity index (χ1v) is 9.62. The zero-order chi connectivity index (χ0) is 20.4. The van der Waals surface area contributed by atoms with Crippen LogP contribution in [0.15, 0.2) is 47.4 Å². The Balaban J connectivity index is 1.50. The first-order valence-electron chi connectivity index (χ1n) is 9.62. The highest BCUT2D eigenvalue weighted by Crippen LogP contribution is 2.21. The molecule has 4 rings (SSSR count). The fourth-order valence-corrected chi connectivity index (χ4v) is 3.70. The Morgan fingerprint density at radius 3 is 2.93 bits per heavy atom. The molecule has 8 heteroatoms. The van der Waals surface area contributed by atoms with Crippen molar-refractivity contribution in [2.75, 3.05) is 18.0 Å². The van der Waals surface area contributed by atoms with Gasteiger partial charge in [0.25, 0.3) is 5.56 Å². The predicted molar refractivity (Wildman–Crippen MR) is 108 cm³/mol. The number of aromatic nitrogens is 3. The lowest BCUT2D eigenvalue weighted by atomic mass is 9.97. The van der Waals surface area contributed by atoms with E-state index in [1.54, 1.807) is 37.5 Å². The number of nitrogens with one attached hydrogen (secondary N) is 1. The van der Waals surface area contributed by atoms with E-state index in [1.165, 1.54) is 10.6 Å². The van der Waals surface area contributed by atoms with Gasteiger partial charge in [-0.2, -0.15) is 0 Å². The van der Waals surface area contributed by atoms with E-state index >= 15 is 0 Å². The van der Waals surface area contributed by atoms with Crippen molar-refractivity contribution in [3.8, 4) is 0 Å². The number of anilines is 1. The fourth-order valence-electron chi connectivity index (χ4n) is 3.70. The fraction of sp³-hybridized carbons (Fsp3) is 0.333. The molecule has 0 bridgehead atoms. The molecule has 1 N–H and O–H groups in total. The van der Waals surface area contributed by atoms with E-state index in [4.69, 9.17) is 0 Å². The Bertz CT molecular complexity index is 1110. The molecule has 3 aromatic rings. The minimum atomic E-state index is -0.337. The van der Waals surface area contributed by atoms with Crippen LogP contribution in [0.25, 0.3) is 11.2 Å². The number of amides is 1. The van der Waals surface area contributed by atoms with Crippen LogP contribution in [-0.2, 0) is 18.4 Å². The summed E-state index contributed by atoms with van der Waals surface area (Å²) in [5.41, 5.74) is 1.38. The van der Waals surface area contributed by atoms with Gasteiger partial charge in [-0.25, -0.2) is 14.4 Å². The van der Waals surface area contributed by atoms with E-state index in [-0.39, 0.29) is 29.7 Å². The van der Waals surface area contributed by atoms with Crippen LogP contribution in [0, 0.1) is 11.7 Å². The van der Waals surface area contributed by atoms with Gasteiger partial charge in [0.05, 0.1) is 5.92 Å². The van der Waals surface area contributed by atoms with Crippen molar-refractivity contribution >= 4 is 22.9 Å². The summed E-state index contributed by atoms with van der Waals surface area (Å²) < 4.78 is 15.3. The first kappa shape index (κ1) is 19.0. The molecule has 1 aliphatic heterocycles. The lowest BCUT2D eigenvalue weighted by Crippen LogP contribution is -2.45. The molecule has 1 aliphatic rings. The van der Waals surface area contributed by atoms with Crippen molar-refractivity contribution in [1.82, 2.24) is 19.9 Å². The molecule has 29 heavy (non-hydrogen) atoms. The Morgan fingerprint density at radius 1 is 1.28 bits per heavy atom. The van der Waals surface area contributed by atoms with Crippen molar-refractivity contribution in [3.63, 3.8) is 0 Å².